The number of thiophene rings is 1. The van der Waals surface area contributed by atoms with Crippen molar-refractivity contribution in [2.24, 2.45) is 0 Å². The lowest BCUT2D eigenvalue weighted by atomic mass is 10.2. The molecule has 6 heteroatoms. The van der Waals surface area contributed by atoms with Gasteiger partial charge in [0.05, 0.1) is 11.6 Å². The van der Waals surface area contributed by atoms with E-state index in [4.69, 9.17) is 11.6 Å². The quantitative estimate of drug-likeness (QED) is 0.714. The first-order valence-electron chi connectivity index (χ1n) is 7.00. The molecule has 0 N–H and O–H groups in total. The van der Waals surface area contributed by atoms with Gasteiger partial charge in [-0.2, -0.15) is 0 Å². The number of alkyl halides is 2. The van der Waals surface area contributed by atoms with E-state index in [2.05, 4.69) is 0 Å². The number of rotatable bonds is 5. The minimum atomic E-state index is -2.51. The summed E-state index contributed by atoms with van der Waals surface area (Å²) in [6.45, 7) is -0.506. The van der Waals surface area contributed by atoms with Gasteiger partial charge in [-0.3, -0.25) is 4.79 Å². The van der Waals surface area contributed by atoms with Crippen LogP contribution < -0.4 is 0 Å². The zero-order valence-corrected chi connectivity index (χ0v) is 13.2. The highest BCUT2D eigenvalue weighted by molar-refractivity contribution is 7.20. The van der Waals surface area contributed by atoms with Crippen molar-refractivity contribution in [3.63, 3.8) is 0 Å². The van der Waals surface area contributed by atoms with Gasteiger partial charge in [0.2, 0.25) is 5.91 Å². The van der Waals surface area contributed by atoms with Crippen LogP contribution >= 0.6 is 22.9 Å². The van der Waals surface area contributed by atoms with Gasteiger partial charge in [-0.25, -0.2) is 8.78 Å². The molecule has 1 amide bonds. The summed E-state index contributed by atoms with van der Waals surface area (Å²) in [5, 5.41) is 1.53. The molecule has 116 valence electrons. The first kappa shape index (κ1) is 15.4. The van der Waals surface area contributed by atoms with E-state index in [1.54, 1.807) is 6.08 Å². The van der Waals surface area contributed by atoms with E-state index in [1.807, 2.05) is 24.3 Å². The van der Waals surface area contributed by atoms with Crippen LogP contribution in [-0.4, -0.2) is 29.8 Å². The Hall–Kier alpha value is -1.46. The Morgan fingerprint density at radius 3 is 2.77 bits per heavy atom. The van der Waals surface area contributed by atoms with Crippen LogP contribution in [0, 0.1) is 0 Å². The first-order chi connectivity index (χ1) is 10.6. The van der Waals surface area contributed by atoms with Gasteiger partial charge in [0.15, 0.2) is 0 Å². The van der Waals surface area contributed by atoms with E-state index in [-0.39, 0.29) is 11.9 Å². The van der Waals surface area contributed by atoms with Crippen LogP contribution in [0.25, 0.3) is 16.2 Å². The average molecular weight is 342 g/mol. The molecular weight excluding hydrogens is 328 g/mol. The largest absolute Gasteiger partial charge is 0.330 e. The summed E-state index contributed by atoms with van der Waals surface area (Å²) in [5.41, 5.74) is 0. The minimum Gasteiger partial charge on any atom is -0.330 e. The molecule has 0 spiro atoms. The summed E-state index contributed by atoms with van der Waals surface area (Å²) in [4.78, 5) is 14.1. The van der Waals surface area contributed by atoms with Gasteiger partial charge in [-0.15, -0.1) is 11.3 Å². The number of halogens is 3. The molecule has 3 rings (SSSR count). The zero-order valence-electron chi connectivity index (χ0n) is 11.6. The van der Waals surface area contributed by atoms with Crippen LogP contribution in [0.1, 0.15) is 17.7 Å². The van der Waals surface area contributed by atoms with Gasteiger partial charge in [-0.1, -0.05) is 29.8 Å². The number of carbonyl (C=O) groups is 1. The Labute approximate surface area is 136 Å². The van der Waals surface area contributed by atoms with E-state index < -0.39 is 13.0 Å². The van der Waals surface area contributed by atoms with Gasteiger partial charge in [0.25, 0.3) is 6.43 Å². The maximum Gasteiger partial charge on any atom is 0.255 e. The molecule has 1 fully saturated rings. The summed E-state index contributed by atoms with van der Waals surface area (Å²) >= 11 is 7.77. The molecule has 1 saturated carbocycles. The molecule has 0 saturated heterocycles. The van der Waals surface area contributed by atoms with Gasteiger partial charge in [-0.05, 0) is 25.0 Å². The molecule has 1 aliphatic rings. The average Bonchev–Trinajstić information content (AvgIpc) is 3.28. The molecule has 0 atom stereocenters. The van der Waals surface area contributed by atoms with Crippen molar-refractivity contribution >= 4 is 45.0 Å². The maximum absolute atomic E-state index is 12.6. The van der Waals surface area contributed by atoms with E-state index >= 15 is 0 Å². The summed E-state index contributed by atoms with van der Waals surface area (Å²) < 4.78 is 26.2. The van der Waals surface area contributed by atoms with E-state index in [0.717, 1.165) is 27.8 Å². The van der Waals surface area contributed by atoms with Crippen molar-refractivity contribution in [2.45, 2.75) is 25.3 Å². The fourth-order valence-corrected chi connectivity index (χ4v) is 3.74. The number of hydrogen-bond acceptors (Lipinski definition) is 2. The van der Waals surface area contributed by atoms with Gasteiger partial charge < -0.3 is 4.90 Å². The molecule has 0 bridgehead atoms. The van der Waals surface area contributed by atoms with E-state index in [1.165, 1.54) is 22.3 Å². The normalized spacial score (nSPS) is 15.1. The molecule has 1 heterocycles. The van der Waals surface area contributed by atoms with Gasteiger partial charge in [0.1, 0.15) is 0 Å². The number of carbonyl (C=O) groups excluding carboxylic acids is 1. The van der Waals surface area contributed by atoms with Crippen molar-refractivity contribution in [3.8, 4) is 0 Å². The molecule has 1 aromatic carbocycles. The Morgan fingerprint density at radius 2 is 2.14 bits per heavy atom. The fourth-order valence-electron chi connectivity index (χ4n) is 2.34. The highest BCUT2D eigenvalue weighted by atomic mass is 35.5. The van der Waals surface area contributed by atoms with Crippen molar-refractivity contribution in [1.82, 2.24) is 4.90 Å². The number of amides is 1. The maximum atomic E-state index is 12.6. The molecule has 0 unspecified atom stereocenters. The van der Waals surface area contributed by atoms with E-state index in [9.17, 15) is 13.6 Å². The van der Waals surface area contributed by atoms with Gasteiger partial charge >= 0.3 is 0 Å². The van der Waals surface area contributed by atoms with Crippen molar-refractivity contribution in [1.29, 1.82) is 0 Å². The summed E-state index contributed by atoms with van der Waals surface area (Å²) in [5.74, 6) is -0.378. The third-order valence-electron chi connectivity index (χ3n) is 3.54. The number of hydrogen-bond donors (Lipinski definition) is 0. The molecule has 1 aliphatic carbocycles. The zero-order chi connectivity index (χ0) is 15.7. The lowest BCUT2D eigenvalue weighted by Crippen LogP contribution is -2.35. The third-order valence-corrected chi connectivity index (χ3v) is 5.20. The first-order valence-corrected chi connectivity index (χ1v) is 8.19. The fraction of sp³-hybridized carbons (Fsp3) is 0.312. The second-order valence-electron chi connectivity index (χ2n) is 5.22. The highest BCUT2D eigenvalue weighted by Crippen LogP contribution is 2.36. The van der Waals surface area contributed by atoms with Crippen molar-refractivity contribution in [3.05, 3.63) is 40.2 Å². The van der Waals surface area contributed by atoms with Crippen LogP contribution in [0.2, 0.25) is 5.02 Å². The lowest BCUT2D eigenvalue weighted by molar-refractivity contribution is -0.128. The molecule has 1 aromatic heterocycles. The molecule has 2 aromatic rings. The smallest absolute Gasteiger partial charge is 0.255 e. The molecule has 0 radical (unpaired) electrons. The van der Waals surface area contributed by atoms with E-state index in [0.29, 0.717) is 5.02 Å². The third kappa shape index (κ3) is 3.31. The number of nitrogens with zero attached hydrogens (tertiary/aromatic N) is 1. The predicted octanol–water partition coefficient (Wildman–Crippen LogP) is 4.82. The minimum absolute atomic E-state index is 0.0379. The molecular formula is C16H14ClF2NOS. The van der Waals surface area contributed by atoms with Crippen LogP contribution in [0.5, 0.6) is 0 Å². The second kappa shape index (κ2) is 6.34. The summed E-state index contributed by atoms with van der Waals surface area (Å²) in [6, 6.07) is 7.66. The SMILES string of the molecule is O=C(/C=C/c1sc2ccccc2c1Cl)N(CC(F)F)C1CC1. The Bertz CT molecular complexity index is 724. The molecule has 0 aliphatic heterocycles. The monoisotopic (exact) mass is 341 g/mol. The second-order valence-corrected chi connectivity index (χ2v) is 6.68. The van der Waals surface area contributed by atoms with Crippen molar-refractivity contribution in [2.75, 3.05) is 6.54 Å². The topological polar surface area (TPSA) is 20.3 Å². The van der Waals surface area contributed by atoms with Crippen LogP contribution in [0.15, 0.2) is 30.3 Å². The highest BCUT2D eigenvalue weighted by Gasteiger charge is 2.33. The molecule has 22 heavy (non-hydrogen) atoms. The number of benzene rings is 1. The Balaban J connectivity index is 1.79. The predicted molar refractivity (Wildman–Crippen MR) is 86.6 cm³/mol. The van der Waals surface area contributed by atoms with Crippen molar-refractivity contribution < 1.29 is 13.6 Å². The summed E-state index contributed by atoms with van der Waals surface area (Å²) in [7, 11) is 0. The van der Waals surface area contributed by atoms with Gasteiger partial charge in [0, 0.05) is 27.1 Å². The lowest BCUT2D eigenvalue weighted by Gasteiger charge is -2.19. The van der Waals surface area contributed by atoms with Crippen LogP contribution in [0.3, 0.4) is 0 Å². The van der Waals surface area contributed by atoms with Crippen LogP contribution in [-0.2, 0) is 4.79 Å². The molecule has 2 nitrogen and oxygen atoms in total. The Morgan fingerprint density at radius 1 is 1.41 bits per heavy atom. The standard InChI is InChI=1S/C16H14ClF2NOS/c17-16-11-3-1-2-4-12(11)22-13(16)7-8-15(21)20(9-14(18)19)10-5-6-10/h1-4,7-8,10,14H,5-6,9H2/b8-7+. The number of fused-ring (bicyclic) bond motifs is 1. The van der Waals surface area contributed by atoms with Crippen LogP contribution in [0.4, 0.5) is 8.78 Å². The Kier molecular flexibility index (Phi) is 4.45. The summed E-state index contributed by atoms with van der Waals surface area (Å²) in [6.07, 6.45) is 2.06.